The smallest absolute Gasteiger partial charge is 0.306 e. The van der Waals surface area contributed by atoms with Crippen molar-refractivity contribution in [1.82, 2.24) is 0 Å². The van der Waals surface area contributed by atoms with E-state index in [-0.39, 0.29) is 25.2 Å². The number of unbranched alkanes of at least 4 members (excludes halogenated alkanes) is 22. The Hall–Kier alpha value is -1.62. The molecule has 0 fully saturated rings. The molecule has 258 valence electrons. The van der Waals surface area contributed by atoms with Crippen LogP contribution in [0.4, 0.5) is 0 Å². The van der Waals surface area contributed by atoms with Gasteiger partial charge in [-0.2, -0.15) is 0 Å². The molecule has 0 bridgehead atoms. The first-order chi connectivity index (χ1) is 21.6. The number of aliphatic hydroxyl groups is 1. The summed E-state index contributed by atoms with van der Waals surface area (Å²) in [5.74, 6) is -0.591. The van der Waals surface area contributed by atoms with Crippen LogP contribution in [0.25, 0.3) is 0 Å². The van der Waals surface area contributed by atoms with E-state index in [0.29, 0.717) is 12.8 Å². The lowest BCUT2D eigenvalue weighted by molar-refractivity contribution is -0.161. The molecule has 1 atom stereocenters. The van der Waals surface area contributed by atoms with Crippen molar-refractivity contribution in [3.05, 3.63) is 24.3 Å². The molecule has 0 aliphatic rings. The zero-order valence-electron chi connectivity index (χ0n) is 29.2. The lowest BCUT2D eigenvalue weighted by Gasteiger charge is -2.15. The molecule has 5 heteroatoms. The molecule has 44 heavy (non-hydrogen) atoms. The van der Waals surface area contributed by atoms with Crippen molar-refractivity contribution in [3.63, 3.8) is 0 Å². The highest BCUT2D eigenvalue weighted by molar-refractivity contribution is 5.70. The van der Waals surface area contributed by atoms with Crippen molar-refractivity contribution in [3.8, 4) is 0 Å². The van der Waals surface area contributed by atoms with E-state index in [1.807, 2.05) is 0 Å². The third-order valence-electron chi connectivity index (χ3n) is 8.25. The first-order valence-electron chi connectivity index (χ1n) is 18.9. The Morgan fingerprint density at radius 1 is 0.523 bits per heavy atom. The molecule has 0 rings (SSSR count). The Balaban J connectivity index is 3.54. The van der Waals surface area contributed by atoms with Crippen LogP contribution in [0.15, 0.2) is 24.3 Å². The van der Waals surface area contributed by atoms with Gasteiger partial charge in [-0.3, -0.25) is 9.59 Å². The summed E-state index contributed by atoms with van der Waals surface area (Å²) in [6, 6.07) is 0. The molecular weight excluding hydrogens is 548 g/mol. The number of carbonyl (C=O) groups excluding carboxylic acids is 2. The summed E-state index contributed by atoms with van der Waals surface area (Å²) in [6.45, 7) is 4.10. The maximum Gasteiger partial charge on any atom is 0.306 e. The van der Waals surface area contributed by atoms with Gasteiger partial charge in [-0.25, -0.2) is 0 Å². The maximum atomic E-state index is 12.1. The van der Waals surface area contributed by atoms with Crippen LogP contribution < -0.4 is 0 Å². The van der Waals surface area contributed by atoms with Gasteiger partial charge in [0, 0.05) is 12.8 Å². The lowest BCUT2D eigenvalue weighted by atomic mass is 10.1. The highest BCUT2D eigenvalue weighted by atomic mass is 16.6. The molecule has 0 saturated heterocycles. The number of ether oxygens (including phenoxy) is 2. The van der Waals surface area contributed by atoms with Gasteiger partial charge in [0.2, 0.25) is 0 Å². The minimum absolute atomic E-state index is 0.0636. The van der Waals surface area contributed by atoms with E-state index in [0.717, 1.165) is 44.9 Å². The van der Waals surface area contributed by atoms with Gasteiger partial charge in [-0.1, -0.05) is 160 Å². The monoisotopic (exact) mass is 621 g/mol. The Morgan fingerprint density at radius 2 is 0.909 bits per heavy atom. The van der Waals surface area contributed by atoms with E-state index in [1.54, 1.807) is 0 Å². The van der Waals surface area contributed by atoms with Crippen molar-refractivity contribution in [1.29, 1.82) is 0 Å². The zero-order chi connectivity index (χ0) is 32.2. The van der Waals surface area contributed by atoms with Crippen LogP contribution in [0.1, 0.15) is 194 Å². The SMILES string of the molecule is CCCCCC=CCC=CCCCCCCCCCCCC(=O)OC(CO)COC(=O)CCCCCCCCCCCCC. The van der Waals surface area contributed by atoms with Gasteiger partial charge < -0.3 is 14.6 Å². The molecular formula is C39H72O5. The second kappa shape index (κ2) is 35.9. The number of hydrogen-bond donors (Lipinski definition) is 1. The van der Waals surface area contributed by atoms with Crippen LogP contribution in [0.2, 0.25) is 0 Å². The van der Waals surface area contributed by atoms with E-state index in [1.165, 1.54) is 122 Å². The molecule has 0 heterocycles. The van der Waals surface area contributed by atoms with E-state index in [2.05, 4.69) is 38.2 Å². The molecule has 0 saturated carbocycles. The highest BCUT2D eigenvalue weighted by Crippen LogP contribution is 2.14. The molecule has 0 radical (unpaired) electrons. The van der Waals surface area contributed by atoms with E-state index in [4.69, 9.17) is 9.47 Å². The van der Waals surface area contributed by atoms with E-state index < -0.39 is 6.10 Å². The molecule has 0 amide bonds. The van der Waals surface area contributed by atoms with Gasteiger partial charge in [0.1, 0.15) is 6.61 Å². The standard InChI is InChI=1S/C39H72O5/c1-3-5-7-9-11-13-15-16-17-18-19-20-21-22-24-26-28-30-32-34-39(42)44-37(35-40)36-43-38(41)33-31-29-27-25-23-14-12-10-8-6-4-2/h11,13,16-17,37,40H,3-10,12,14-15,18-36H2,1-2H3. The first-order valence-corrected chi connectivity index (χ1v) is 18.9. The zero-order valence-corrected chi connectivity index (χ0v) is 29.2. The summed E-state index contributed by atoms with van der Waals surface area (Å²) in [5, 5.41) is 9.53. The summed E-state index contributed by atoms with van der Waals surface area (Å²) in [7, 11) is 0. The van der Waals surface area contributed by atoms with E-state index in [9.17, 15) is 14.7 Å². The molecule has 0 aromatic heterocycles. The van der Waals surface area contributed by atoms with Crippen molar-refractivity contribution in [2.45, 2.75) is 200 Å². The Labute approximate surface area is 273 Å². The number of hydrogen-bond acceptors (Lipinski definition) is 5. The second-order valence-corrected chi connectivity index (χ2v) is 12.7. The fourth-order valence-electron chi connectivity index (χ4n) is 5.35. The fourth-order valence-corrected chi connectivity index (χ4v) is 5.35. The van der Waals surface area contributed by atoms with Gasteiger partial charge in [0.05, 0.1) is 6.61 Å². The normalized spacial score (nSPS) is 12.3. The molecule has 1 unspecified atom stereocenters. The van der Waals surface area contributed by atoms with Crippen molar-refractivity contribution in [2.75, 3.05) is 13.2 Å². The molecule has 0 aliphatic heterocycles. The largest absolute Gasteiger partial charge is 0.462 e. The minimum Gasteiger partial charge on any atom is -0.462 e. The quantitative estimate of drug-likeness (QED) is 0.0440. The fraction of sp³-hybridized carbons (Fsp3) is 0.846. The van der Waals surface area contributed by atoms with Crippen molar-refractivity contribution < 1.29 is 24.2 Å². The Kier molecular flexibility index (Phi) is 34.5. The Morgan fingerprint density at radius 3 is 1.39 bits per heavy atom. The van der Waals surface area contributed by atoms with Gasteiger partial charge in [-0.15, -0.1) is 0 Å². The number of carbonyl (C=O) groups is 2. The minimum atomic E-state index is -0.767. The third-order valence-corrected chi connectivity index (χ3v) is 8.25. The van der Waals surface area contributed by atoms with Crippen molar-refractivity contribution in [2.24, 2.45) is 0 Å². The van der Waals surface area contributed by atoms with Crippen LogP contribution in [-0.2, 0) is 19.1 Å². The maximum absolute atomic E-state index is 12.1. The van der Waals surface area contributed by atoms with Gasteiger partial charge in [-0.05, 0) is 44.9 Å². The predicted octanol–water partition coefficient (Wildman–Crippen LogP) is 11.5. The predicted molar refractivity (Wildman–Crippen MR) is 187 cm³/mol. The molecule has 0 aromatic carbocycles. The van der Waals surface area contributed by atoms with E-state index >= 15 is 0 Å². The molecule has 0 aromatic rings. The average Bonchev–Trinajstić information content (AvgIpc) is 3.02. The van der Waals surface area contributed by atoms with Crippen LogP contribution in [0.3, 0.4) is 0 Å². The number of aliphatic hydroxyl groups excluding tert-OH is 1. The number of rotatable bonds is 34. The van der Waals surface area contributed by atoms with Crippen LogP contribution in [0.5, 0.6) is 0 Å². The van der Waals surface area contributed by atoms with Crippen LogP contribution in [-0.4, -0.2) is 36.4 Å². The van der Waals surface area contributed by atoms with Crippen LogP contribution >= 0.6 is 0 Å². The number of esters is 2. The summed E-state index contributed by atoms with van der Waals surface area (Å²) < 4.78 is 10.6. The first kappa shape index (κ1) is 42.4. The summed E-state index contributed by atoms with van der Waals surface area (Å²) in [6.07, 6.45) is 40.9. The number of allylic oxidation sites excluding steroid dienone is 4. The topological polar surface area (TPSA) is 72.8 Å². The summed E-state index contributed by atoms with van der Waals surface area (Å²) >= 11 is 0. The molecule has 1 N–H and O–H groups in total. The summed E-state index contributed by atoms with van der Waals surface area (Å²) in [4.78, 5) is 24.2. The van der Waals surface area contributed by atoms with Crippen molar-refractivity contribution >= 4 is 11.9 Å². The third kappa shape index (κ3) is 33.3. The average molecular weight is 621 g/mol. The van der Waals surface area contributed by atoms with Gasteiger partial charge in [0.15, 0.2) is 6.10 Å². The van der Waals surface area contributed by atoms with Gasteiger partial charge in [0.25, 0.3) is 0 Å². The summed E-state index contributed by atoms with van der Waals surface area (Å²) in [5.41, 5.74) is 0. The molecule has 5 nitrogen and oxygen atoms in total. The molecule has 0 spiro atoms. The lowest BCUT2D eigenvalue weighted by Crippen LogP contribution is -2.28. The van der Waals surface area contributed by atoms with Gasteiger partial charge >= 0.3 is 11.9 Å². The van der Waals surface area contributed by atoms with Crippen LogP contribution in [0, 0.1) is 0 Å². The highest BCUT2D eigenvalue weighted by Gasteiger charge is 2.16. The second-order valence-electron chi connectivity index (χ2n) is 12.7. The Bertz CT molecular complexity index is 671. The molecule has 0 aliphatic carbocycles.